The number of amides is 2. The molecule has 2 amide bonds. The fourth-order valence-corrected chi connectivity index (χ4v) is 1.29. The van der Waals surface area contributed by atoms with Gasteiger partial charge in [-0.2, -0.15) is 0 Å². The first-order valence-corrected chi connectivity index (χ1v) is 7.70. The number of carbonyl (C=O) groups excluding carboxylic acids is 2. The van der Waals surface area contributed by atoms with E-state index in [-0.39, 0.29) is 26.2 Å². The third-order valence-corrected chi connectivity index (χ3v) is 2.64. The molecule has 0 radical (unpaired) electrons. The Morgan fingerprint density at radius 1 is 1.04 bits per heavy atom. The lowest BCUT2D eigenvalue weighted by Crippen LogP contribution is -2.49. The van der Waals surface area contributed by atoms with Crippen molar-refractivity contribution in [2.45, 2.75) is 66.5 Å². The van der Waals surface area contributed by atoms with Crippen molar-refractivity contribution in [3.8, 4) is 0 Å². The van der Waals surface area contributed by atoms with E-state index in [0.29, 0.717) is 12.0 Å². The van der Waals surface area contributed by atoms with Crippen LogP contribution in [-0.4, -0.2) is 29.4 Å². The third kappa shape index (κ3) is 14.8. The van der Waals surface area contributed by atoms with E-state index >= 15 is 0 Å². The molecule has 0 aliphatic heterocycles. The Labute approximate surface area is 145 Å². The predicted octanol–water partition coefficient (Wildman–Crippen LogP) is 3.42. The van der Waals surface area contributed by atoms with Crippen molar-refractivity contribution in [2.75, 3.05) is 0 Å². The largest absolute Gasteiger partial charge is 0.412 e. The summed E-state index contributed by atoms with van der Waals surface area (Å²) in [6, 6.07) is -0.798. The maximum Gasteiger partial charge on any atom is 0.247 e. The number of nitrogens with one attached hydrogen (secondary N) is 2. The molecule has 0 heterocycles. The van der Waals surface area contributed by atoms with E-state index in [1.807, 2.05) is 34.6 Å². The van der Waals surface area contributed by atoms with Gasteiger partial charge in [-0.1, -0.05) is 39.5 Å². The Morgan fingerprint density at radius 2 is 1.48 bits per heavy atom. The van der Waals surface area contributed by atoms with Gasteiger partial charge < -0.3 is 16.1 Å². The molecule has 0 saturated heterocycles. The van der Waals surface area contributed by atoms with E-state index < -0.39 is 6.04 Å². The van der Waals surface area contributed by atoms with Crippen molar-refractivity contribution in [3.05, 3.63) is 37.5 Å². The lowest BCUT2D eigenvalue weighted by molar-refractivity contribution is -0.128. The molecule has 0 aromatic carbocycles. The second kappa shape index (κ2) is 18.2. The molecule has 5 nitrogen and oxygen atoms in total. The molecule has 0 spiro atoms. The molecule has 0 bridgehead atoms. The van der Waals surface area contributed by atoms with Gasteiger partial charge in [-0.15, -0.1) is 13.2 Å². The first kappa shape index (κ1) is 29.2. The summed E-state index contributed by atoms with van der Waals surface area (Å²) in [6.07, 6.45) is 1.16. The summed E-state index contributed by atoms with van der Waals surface area (Å²) in [5, 5.41) is 5.48. The van der Waals surface area contributed by atoms with E-state index in [0.717, 1.165) is 12.0 Å². The first-order chi connectivity index (χ1) is 10.3. The van der Waals surface area contributed by atoms with Gasteiger partial charge in [-0.05, 0) is 32.8 Å². The molecule has 0 aromatic rings. The van der Waals surface area contributed by atoms with E-state index in [1.165, 1.54) is 0 Å². The molecule has 0 aromatic heterocycles. The van der Waals surface area contributed by atoms with Crippen molar-refractivity contribution in [3.63, 3.8) is 0 Å². The molecule has 0 aliphatic carbocycles. The smallest absolute Gasteiger partial charge is 0.247 e. The molecule has 0 fully saturated rings. The van der Waals surface area contributed by atoms with E-state index in [2.05, 4.69) is 36.9 Å². The minimum absolute atomic E-state index is 0. The van der Waals surface area contributed by atoms with Gasteiger partial charge >= 0.3 is 0 Å². The van der Waals surface area contributed by atoms with Crippen LogP contribution in [0.2, 0.25) is 0 Å². The van der Waals surface area contributed by atoms with Crippen LogP contribution < -0.4 is 10.6 Å². The average molecular weight is 333 g/mol. The topological polar surface area (TPSA) is 89.7 Å². The van der Waals surface area contributed by atoms with Gasteiger partial charge in [-0.25, -0.2) is 0 Å². The van der Waals surface area contributed by atoms with Crippen LogP contribution in [0.4, 0.5) is 0 Å². The number of hydrogen-bond acceptors (Lipinski definition) is 2. The molecule has 2 atom stereocenters. The SMILES string of the molecule is C=C.C=C(C)[C@@H](NC(=O)CCC)C(=O)N[C@H](C)C(=C)C.CC.O.[HH].[HH]. The monoisotopic (exact) mass is 332 g/mol. The number of rotatable bonds is 7. The highest BCUT2D eigenvalue weighted by Gasteiger charge is 2.22. The third-order valence-electron chi connectivity index (χ3n) is 2.64. The van der Waals surface area contributed by atoms with Gasteiger partial charge in [0.1, 0.15) is 6.04 Å². The quantitative estimate of drug-likeness (QED) is 0.699. The number of hydrogen-bond donors (Lipinski definition) is 2. The standard InChI is InChI=1S/C14H24N2O2.C2H6.C2H4.H2O.2H2/c1-7-8-12(17)16-13(10(4)5)14(18)15-11(6)9(2)3;2*1-2;;;/h11,13H,2,4,7-8H2,1,3,5-6H3,(H,15,18)(H,16,17);1-2H3;1-2H2;1H2;2*1H/t11-,13-;;;;;/m1...../s1. The summed E-state index contributed by atoms with van der Waals surface area (Å²) in [7, 11) is 0. The van der Waals surface area contributed by atoms with Crippen LogP contribution in [0.3, 0.4) is 0 Å². The molecule has 4 N–H and O–H groups in total. The second-order valence-corrected chi connectivity index (χ2v) is 4.67. The molecule has 140 valence electrons. The zero-order chi connectivity index (χ0) is 18.3. The van der Waals surface area contributed by atoms with Crippen molar-refractivity contribution >= 4 is 11.8 Å². The molecule has 5 heteroatoms. The van der Waals surface area contributed by atoms with Gasteiger partial charge in [0.15, 0.2) is 0 Å². The van der Waals surface area contributed by atoms with E-state index in [1.54, 1.807) is 6.92 Å². The lowest BCUT2D eigenvalue weighted by atomic mass is 10.1. The van der Waals surface area contributed by atoms with Gasteiger partial charge in [0.25, 0.3) is 0 Å². The first-order valence-electron chi connectivity index (χ1n) is 7.70. The Hall–Kier alpha value is -1.88. The summed E-state index contributed by atoms with van der Waals surface area (Å²) in [5.41, 5.74) is 1.48. The minimum Gasteiger partial charge on any atom is -0.412 e. The molecular weight excluding hydrogens is 292 g/mol. The lowest BCUT2D eigenvalue weighted by Gasteiger charge is -2.21. The fourth-order valence-electron chi connectivity index (χ4n) is 1.29. The van der Waals surface area contributed by atoms with Crippen LogP contribution in [0.1, 0.15) is 57.2 Å². The van der Waals surface area contributed by atoms with Crippen LogP contribution in [0.15, 0.2) is 37.5 Å². The number of carbonyl (C=O) groups is 2. The van der Waals surface area contributed by atoms with Crippen molar-refractivity contribution in [1.29, 1.82) is 0 Å². The fraction of sp³-hybridized carbons (Fsp3) is 0.556. The average Bonchev–Trinajstić information content (AvgIpc) is 2.48. The zero-order valence-corrected chi connectivity index (χ0v) is 15.7. The van der Waals surface area contributed by atoms with Gasteiger partial charge in [0.05, 0.1) is 0 Å². The van der Waals surface area contributed by atoms with Crippen molar-refractivity contribution in [1.82, 2.24) is 10.6 Å². The summed E-state index contributed by atoms with van der Waals surface area (Å²) >= 11 is 0. The summed E-state index contributed by atoms with van der Waals surface area (Å²) in [4.78, 5) is 23.5. The normalized spacial score (nSPS) is 10.9. The Bertz CT molecular complexity index is 375. The molecule has 0 rings (SSSR count). The van der Waals surface area contributed by atoms with Crippen LogP contribution in [0, 0.1) is 0 Å². The van der Waals surface area contributed by atoms with Crippen LogP contribution in [0.5, 0.6) is 0 Å². The van der Waals surface area contributed by atoms with Crippen LogP contribution >= 0.6 is 0 Å². The van der Waals surface area contributed by atoms with Crippen LogP contribution in [-0.2, 0) is 9.59 Å². The maximum atomic E-state index is 12.0. The Morgan fingerprint density at radius 3 is 1.78 bits per heavy atom. The minimum atomic E-state index is -0.675. The Balaban J connectivity index is -0.000000119. The summed E-state index contributed by atoms with van der Waals surface area (Å²) in [6.45, 7) is 24.9. The summed E-state index contributed by atoms with van der Waals surface area (Å²) < 4.78 is 0. The molecule has 0 saturated carbocycles. The Kier molecular flexibility index (Phi) is 23.0. The molecule has 0 aliphatic rings. The van der Waals surface area contributed by atoms with E-state index in [9.17, 15) is 9.59 Å². The highest BCUT2D eigenvalue weighted by Crippen LogP contribution is 2.03. The summed E-state index contributed by atoms with van der Waals surface area (Å²) in [5.74, 6) is -0.383. The molecule has 0 unspecified atom stereocenters. The van der Waals surface area contributed by atoms with Gasteiger partial charge in [-0.3, -0.25) is 9.59 Å². The maximum absolute atomic E-state index is 12.0. The van der Waals surface area contributed by atoms with Crippen molar-refractivity contribution < 1.29 is 17.9 Å². The second-order valence-electron chi connectivity index (χ2n) is 4.67. The van der Waals surface area contributed by atoms with E-state index in [4.69, 9.17) is 0 Å². The van der Waals surface area contributed by atoms with Crippen molar-refractivity contribution in [2.24, 2.45) is 0 Å². The van der Waals surface area contributed by atoms with Gasteiger partial charge in [0.2, 0.25) is 11.8 Å². The van der Waals surface area contributed by atoms with Crippen LogP contribution in [0.25, 0.3) is 0 Å². The zero-order valence-electron chi connectivity index (χ0n) is 15.7. The molecular formula is C18H40N2O3. The predicted molar refractivity (Wildman–Crippen MR) is 105 cm³/mol. The highest BCUT2D eigenvalue weighted by molar-refractivity contribution is 5.90. The molecule has 23 heavy (non-hydrogen) atoms. The highest BCUT2D eigenvalue weighted by atomic mass is 16.2. The van der Waals surface area contributed by atoms with Gasteiger partial charge in [0, 0.05) is 15.3 Å².